The first-order valence-corrected chi connectivity index (χ1v) is 11.2. The van der Waals surface area contributed by atoms with E-state index in [1.807, 2.05) is 48.7 Å². The quantitative estimate of drug-likeness (QED) is 0.239. The lowest BCUT2D eigenvalue weighted by Crippen LogP contribution is -3.00. The van der Waals surface area contributed by atoms with Gasteiger partial charge in [-0.1, -0.05) is 0 Å². The van der Waals surface area contributed by atoms with Crippen molar-refractivity contribution in [3.05, 3.63) is 70.3 Å². The van der Waals surface area contributed by atoms with Crippen LogP contribution in [-0.2, 0) is 11.3 Å². The molecule has 0 bridgehead atoms. The second-order valence-corrected chi connectivity index (χ2v) is 7.74. The Morgan fingerprint density at radius 1 is 1.06 bits per heavy atom. The molecule has 0 saturated carbocycles. The molecule has 2 aromatic heterocycles. The lowest BCUT2D eigenvalue weighted by atomic mass is 10.1. The van der Waals surface area contributed by atoms with Gasteiger partial charge in [-0.25, -0.2) is 4.79 Å². The van der Waals surface area contributed by atoms with Crippen LogP contribution in [0.4, 0.5) is 5.69 Å². The summed E-state index contributed by atoms with van der Waals surface area (Å²) in [5, 5.41) is 9.64. The van der Waals surface area contributed by atoms with Crippen molar-refractivity contribution < 1.29 is 35.9 Å². The fraction of sp³-hybridized carbons (Fsp3) is 0.346. The van der Waals surface area contributed by atoms with Crippen molar-refractivity contribution in [2.24, 2.45) is 0 Å². The normalized spacial score (nSPS) is 11.0. The highest BCUT2D eigenvalue weighted by Crippen LogP contribution is 2.22. The fourth-order valence-electron chi connectivity index (χ4n) is 3.77. The molecule has 0 spiro atoms. The maximum Gasteiger partial charge on any atom is 0.343 e. The Morgan fingerprint density at radius 2 is 1.85 bits per heavy atom. The Labute approximate surface area is 204 Å². The number of fused-ring (bicyclic) bond motifs is 1. The highest BCUT2D eigenvalue weighted by Gasteiger charge is 2.09. The van der Waals surface area contributed by atoms with E-state index in [0.717, 1.165) is 49.2 Å². The lowest BCUT2D eigenvalue weighted by molar-refractivity contribution is -0.699. The minimum Gasteiger partial charge on any atom is -1.00 e. The summed E-state index contributed by atoms with van der Waals surface area (Å²) < 4.78 is 7.72. The molecule has 0 aliphatic rings. The number of carbonyl (C=O) groups is 1. The molecular weight excluding hydrogens is 484 g/mol. The Hall–Kier alpha value is -2.93. The number of pyridine rings is 1. The van der Waals surface area contributed by atoms with E-state index < -0.39 is 5.97 Å². The predicted octanol–water partition coefficient (Wildman–Crippen LogP) is 1.75. The molecule has 1 N–H and O–H groups in total. The van der Waals surface area contributed by atoms with Crippen molar-refractivity contribution >= 4 is 34.8 Å². The van der Waals surface area contributed by atoms with Crippen LogP contribution in [0.1, 0.15) is 50.8 Å². The number of aromatic nitrogens is 1. The average molecular weight is 515 g/mol. The van der Waals surface area contributed by atoms with Gasteiger partial charge >= 0.3 is 11.6 Å². The lowest BCUT2D eigenvalue weighted by Gasteiger charge is -2.20. The maximum atomic E-state index is 12.6. The molecule has 0 saturated heterocycles. The topological polar surface area (TPSA) is 74.6 Å². The monoisotopic (exact) mass is 514 g/mol. The van der Waals surface area contributed by atoms with Gasteiger partial charge in [-0.05, 0) is 57.0 Å². The van der Waals surface area contributed by atoms with E-state index in [1.54, 1.807) is 6.08 Å². The van der Waals surface area contributed by atoms with Gasteiger partial charge in [0, 0.05) is 61.3 Å². The number of aliphatic carboxylic acids is 1. The molecule has 3 rings (SSSR count). The van der Waals surface area contributed by atoms with Gasteiger partial charge in [0.2, 0.25) is 5.69 Å². The summed E-state index contributed by atoms with van der Waals surface area (Å²) in [7, 11) is 0. The van der Waals surface area contributed by atoms with E-state index in [-0.39, 0.29) is 29.0 Å². The zero-order chi connectivity index (χ0) is 22.9. The van der Waals surface area contributed by atoms with Crippen LogP contribution >= 0.6 is 0 Å². The number of hydrogen-bond donors (Lipinski definition) is 1. The molecule has 0 aliphatic carbocycles. The van der Waals surface area contributed by atoms with E-state index in [0.29, 0.717) is 17.6 Å². The maximum absolute atomic E-state index is 12.6. The summed E-state index contributed by atoms with van der Waals surface area (Å²) in [5.74, 6) is -0.750. The van der Waals surface area contributed by atoms with Crippen molar-refractivity contribution in [1.82, 2.24) is 0 Å². The third-order valence-electron chi connectivity index (χ3n) is 5.57. The van der Waals surface area contributed by atoms with Crippen LogP contribution in [0.15, 0.2) is 57.9 Å². The standard InChI is InChI=1S/C26H30N2O4.BrH/c1-3-27(4-2)23-15-12-20-18-21(26(31)32-24(20)19-23)13-14-22-10-7-9-17-28(22)16-8-5-6-11-25(29)30;/h7,9-10,12-15,17-19H,3-6,8,11,16H2,1-2H3;1H. The largest absolute Gasteiger partial charge is 1.00 e. The first kappa shape index (κ1) is 26.3. The molecule has 0 unspecified atom stereocenters. The van der Waals surface area contributed by atoms with Gasteiger partial charge in [-0.15, -0.1) is 0 Å². The summed E-state index contributed by atoms with van der Waals surface area (Å²) in [6, 6.07) is 13.7. The van der Waals surface area contributed by atoms with Crippen LogP contribution in [0.5, 0.6) is 0 Å². The van der Waals surface area contributed by atoms with Crippen molar-refractivity contribution in [1.29, 1.82) is 0 Å². The first-order chi connectivity index (χ1) is 15.5. The molecule has 2 heterocycles. The number of unbranched alkanes of at least 4 members (excludes halogenated alkanes) is 2. The molecule has 6 nitrogen and oxygen atoms in total. The minimum atomic E-state index is -0.750. The third-order valence-corrected chi connectivity index (χ3v) is 5.57. The number of anilines is 1. The summed E-state index contributed by atoms with van der Waals surface area (Å²) in [5.41, 5.74) is 2.75. The van der Waals surface area contributed by atoms with Gasteiger partial charge in [-0.2, -0.15) is 4.57 Å². The molecule has 0 fully saturated rings. The zero-order valence-electron chi connectivity index (χ0n) is 19.2. The number of hydrogen-bond acceptors (Lipinski definition) is 4. The number of nitrogens with zero attached hydrogens (tertiary/aromatic N) is 2. The molecule has 0 aliphatic heterocycles. The molecule has 1 aromatic carbocycles. The minimum absolute atomic E-state index is 0. The highest BCUT2D eigenvalue weighted by molar-refractivity contribution is 5.83. The molecule has 0 radical (unpaired) electrons. The van der Waals surface area contributed by atoms with Gasteiger partial charge in [-0.3, -0.25) is 4.79 Å². The van der Waals surface area contributed by atoms with Crippen LogP contribution in [-0.4, -0.2) is 24.2 Å². The number of carboxylic acids is 1. The number of rotatable bonds is 11. The Morgan fingerprint density at radius 3 is 2.58 bits per heavy atom. The summed E-state index contributed by atoms with van der Waals surface area (Å²) in [6.45, 7) is 6.78. The summed E-state index contributed by atoms with van der Waals surface area (Å²) >= 11 is 0. The van der Waals surface area contributed by atoms with E-state index >= 15 is 0 Å². The number of carboxylic acid groups (broad SMARTS) is 1. The highest BCUT2D eigenvalue weighted by atomic mass is 79.9. The molecule has 176 valence electrons. The van der Waals surface area contributed by atoms with E-state index in [1.165, 1.54) is 0 Å². The SMILES string of the molecule is CCN(CC)c1ccc2cc(/C=C/c3cccc[n+]3CCCCCC(=O)O)c(=O)oc2c1.[Br-]. The number of halogens is 1. The molecule has 0 amide bonds. The Balaban J connectivity index is 0.00000385. The second-order valence-electron chi connectivity index (χ2n) is 7.74. The zero-order valence-corrected chi connectivity index (χ0v) is 20.8. The van der Waals surface area contributed by atoms with E-state index in [4.69, 9.17) is 9.52 Å². The van der Waals surface area contributed by atoms with E-state index in [9.17, 15) is 9.59 Å². The van der Waals surface area contributed by atoms with Gasteiger partial charge in [0.15, 0.2) is 6.20 Å². The fourth-order valence-corrected chi connectivity index (χ4v) is 3.77. The summed E-state index contributed by atoms with van der Waals surface area (Å²) in [4.78, 5) is 25.4. The van der Waals surface area contributed by atoms with Gasteiger partial charge in [0.25, 0.3) is 0 Å². The Kier molecular flexibility index (Phi) is 10.3. The van der Waals surface area contributed by atoms with Gasteiger partial charge in [0.1, 0.15) is 12.1 Å². The van der Waals surface area contributed by atoms with Gasteiger partial charge < -0.3 is 31.4 Å². The average Bonchev–Trinajstić information content (AvgIpc) is 2.78. The van der Waals surface area contributed by atoms with Crippen LogP contribution < -0.4 is 32.1 Å². The van der Waals surface area contributed by atoms with Crippen LogP contribution in [0, 0.1) is 0 Å². The molecule has 33 heavy (non-hydrogen) atoms. The van der Waals surface area contributed by atoms with E-state index in [2.05, 4.69) is 29.4 Å². The third kappa shape index (κ3) is 7.29. The molecular formula is C26H31BrN2O4. The predicted molar refractivity (Wildman–Crippen MR) is 128 cm³/mol. The molecule has 0 atom stereocenters. The van der Waals surface area contributed by atoms with Crippen molar-refractivity contribution in [3.8, 4) is 0 Å². The van der Waals surface area contributed by atoms with Crippen LogP contribution in [0.3, 0.4) is 0 Å². The molecule has 3 aromatic rings. The van der Waals surface area contributed by atoms with Crippen molar-refractivity contribution in [2.45, 2.75) is 46.1 Å². The summed E-state index contributed by atoms with van der Waals surface area (Å²) in [6.07, 6.45) is 8.35. The van der Waals surface area contributed by atoms with Crippen LogP contribution in [0.25, 0.3) is 23.1 Å². The van der Waals surface area contributed by atoms with Crippen LogP contribution in [0.2, 0.25) is 0 Å². The number of aryl methyl sites for hydroxylation is 1. The second kappa shape index (κ2) is 12.9. The Bertz CT molecular complexity index is 1150. The smallest absolute Gasteiger partial charge is 0.343 e. The molecule has 7 heteroatoms. The van der Waals surface area contributed by atoms with Crippen molar-refractivity contribution in [2.75, 3.05) is 18.0 Å². The van der Waals surface area contributed by atoms with Crippen molar-refractivity contribution in [3.63, 3.8) is 0 Å². The van der Waals surface area contributed by atoms with Gasteiger partial charge in [0.05, 0.1) is 5.56 Å². The number of benzene rings is 1. The first-order valence-electron chi connectivity index (χ1n) is 11.2.